The number of rotatable bonds is 4. The fraction of sp³-hybridized carbons (Fsp3) is 0.0870. The molecular formula is C23H17BrN2O2. The van der Waals surface area contributed by atoms with Crippen LogP contribution in [-0.4, -0.2) is 15.6 Å². The molecule has 1 aromatic heterocycles. The Hall–Kier alpha value is -3.05. The quantitative estimate of drug-likeness (QED) is 0.425. The molecule has 3 aromatic carbocycles. The number of ketones is 1. The highest BCUT2D eigenvalue weighted by Gasteiger charge is 2.15. The van der Waals surface area contributed by atoms with E-state index in [0.717, 1.165) is 21.0 Å². The Kier molecular flexibility index (Phi) is 4.92. The van der Waals surface area contributed by atoms with Crippen molar-refractivity contribution in [3.63, 3.8) is 0 Å². The lowest BCUT2D eigenvalue weighted by atomic mass is 10.0. The summed E-state index contributed by atoms with van der Waals surface area (Å²) in [6.07, 6.45) is 0. The van der Waals surface area contributed by atoms with Gasteiger partial charge >= 0.3 is 0 Å². The van der Waals surface area contributed by atoms with E-state index in [2.05, 4.69) is 21.0 Å². The molecule has 0 aliphatic heterocycles. The molecule has 0 N–H and O–H groups in total. The van der Waals surface area contributed by atoms with Crippen LogP contribution in [0.4, 0.5) is 0 Å². The number of halogens is 1. The Morgan fingerprint density at radius 2 is 1.57 bits per heavy atom. The van der Waals surface area contributed by atoms with Crippen molar-refractivity contribution in [2.24, 2.45) is 0 Å². The molecule has 0 saturated carbocycles. The van der Waals surface area contributed by atoms with E-state index in [1.54, 1.807) is 18.2 Å². The smallest absolute Gasteiger partial charge is 0.275 e. The number of aromatic nitrogens is 2. The molecule has 138 valence electrons. The minimum Gasteiger partial charge on any atom is -0.292 e. The molecular weight excluding hydrogens is 416 g/mol. The summed E-state index contributed by atoms with van der Waals surface area (Å²) in [6, 6.07) is 22.4. The van der Waals surface area contributed by atoms with Crippen molar-refractivity contribution >= 4 is 32.5 Å². The van der Waals surface area contributed by atoms with Crippen LogP contribution in [0, 0.1) is 6.92 Å². The average Bonchev–Trinajstić information content (AvgIpc) is 2.71. The third-order valence-electron chi connectivity index (χ3n) is 4.65. The van der Waals surface area contributed by atoms with Gasteiger partial charge in [0.2, 0.25) is 0 Å². The molecule has 0 saturated heterocycles. The number of nitrogens with zero attached hydrogens (tertiary/aromatic N) is 2. The van der Waals surface area contributed by atoms with Crippen LogP contribution in [0.15, 0.2) is 82.1 Å². The third kappa shape index (κ3) is 3.53. The van der Waals surface area contributed by atoms with Crippen LogP contribution < -0.4 is 5.56 Å². The van der Waals surface area contributed by atoms with Gasteiger partial charge in [-0.3, -0.25) is 9.59 Å². The number of hydrogen-bond acceptors (Lipinski definition) is 3. The van der Waals surface area contributed by atoms with E-state index >= 15 is 0 Å². The van der Waals surface area contributed by atoms with Gasteiger partial charge in [-0.1, -0.05) is 76.1 Å². The molecule has 4 aromatic rings. The number of fused-ring (bicyclic) bond motifs is 1. The molecule has 28 heavy (non-hydrogen) atoms. The monoisotopic (exact) mass is 432 g/mol. The van der Waals surface area contributed by atoms with Crippen LogP contribution in [0.3, 0.4) is 0 Å². The highest BCUT2D eigenvalue weighted by molar-refractivity contribution is 9.10. The van der Waals surface area contributed by atoms with Crippen LogP contribution in [0.25, 0.3) is 22.0 Å². The molecule has 0 amide bonds. The summed E-state index contributed by atoms with van der Waals surface area (Å²) in [5.74, 6) is -0.160. The van der Waals surface area contributed by atoms with Gasteiger partial charge < -0.3 is 0 Å². The van der Waals surface area contributed by atoms with Crippen LogP contribution in [0.2, 0.25) is 0 Å². The van der Waals surface area contributed by atoms with E-state index in [-0.39, 0.29) is 17.9 Å². The maximum Gasteiger partial charge on any atom is 0.275 e. The SMILES string of the molecule is Cc1ccc(-c2nn(CC(=O)c3ccc(Br)cc3)c(=O)c3ccccc23)cc1. The van der Waals surface area contributed by atoms with Crippen molar-refractivity contribution in [2.45, 2.75) is 13.5 Å². The summed E-state index contributed by atoms with van der Waals surface area (Å²) in [7, 11) is 0. The van der Waals surface area contributed by atoms with E-state index < -0.39 is 0 Å². The molecule has 0 bridgehead atoms. The van der Waals surface area contributed by atoms with Gasteiger partial charge in [-0.2, -0.15) is 5.10 Å². The topological polar surface area (TPSA) is 52.0 Å². The Labute approximate surface area is 170 Å². The van der Waals surface area contributed by atoms with Gasteiger partial charge in [0.15, 0.2) is 5.78 Å². The Bertz CT molecular complexity index is 1230. The number of hydrogen-bond donors (Lipinski definition) is 0. The molecule has 4 nitrogen and oxygen atoms in total. The van der Waals surface area contributed by atoms with E-state index in [1.165, 1.54) is 4.68 Å². The molecule has 0 radical (unpaired) electrons. The molecule has 0 atom stereocenters. The Balaban J connectivity index is 1.83. The first-order valence-electron chi connectivity index (χ1n) is 8.88. The lowest BCUT2D eigenvalue weighted by Crippen LogP contribution is -2.27. The number of carbonyl (C=O) groups excluding carboxylic acids is 1. The van der Waals surface area contributed by atoms with Crippen LogP contribution in [0.1, 0.15) is 15.9 Å². The molecule has 5 heteroatoms. The molecule has 0 unspecified atom stereocenters. The van der Waals surface area contributed by atoms with Crippen LogP contribution in [-0.2, 0) is 6.54 Å². The van der Waals surface area contributed by atoms with E-state index in [4.69, 9.17) is 0 Å². The molecule has 4 rings (SSSR count). The Morgan fingerprint density at radius 1 is 0.929 bits per heavy atom. The van der Waals surface area contributed by atoms with Crippen molar-refractivity contribution in [1.82, 2.24) is 9.78 Å². The second kappa shape index (κ2) is 7.52. The normalized spacial score (nSPS) is 10.9. The molecule has 0 spiro atoms. The van der Waals surface area contributed by atoms with Crippen LogP contribution >= 0.6 is 15.9 Å². The summed E-state index contributed by atoms with van der Waals surface area (Å²) < 4.78 is 2.16. The van der Waals surface area contributed by atoms with Gasteiger partial charge in [-0.15, -0.1) is 0 Å². The van der Waals surface area contributed by atoms with Gasteiger partial charge in [0, 0.05) is 21.0 Å². The maximum atomic E-state index is 12.9. The zero-order valence-electron chi connectivity index (χ0n) is 15.2. The molecule has 0 aliphatic carbocycles. The summed E-state index contributed by atoms with van der Waals surface area (Å²) in [5, 5.41) is 5.89. The predicted molar refractivity (Wildman–Crippen MR) is 115 cm³/mol. The third-order valence-corrected chi connectivity index (χ3v) is 5.18. The van der Waals surface area contributed by atoms with Gasteiger partial charge in [0.1, 0.15) is 6.54 Å². The fourth-order valence-electron chi connectivity index (χ4n) is 3.13. The number of carbonyl (C=O) groups is 1. The van der Waals surface area contributed by atoms with E-state index in [1.807, 2.05) is 61.5 Å². The van der Waals surface area contributed by atoms with E-state index in [9.17, 15) is 9.59 Å². The average molecular weight is 433 g/mol. The standard InChI is InChI=1S/C23H17BrN2O2/c1-15-6-8-17(9-7-15)22-19-4-2-3-5-20(19)23(28)26(25-22)14-21(27)16-10-12-18(24)13-11-16/h2-13H,14H2,1H3. The van der Waals surface area contributed by atoms with Gasteiger partial charge in [0.25, 0.3) is 5.56 Å². The summed E-state index contributed by atoms with van der Waals surface area (Å²) in [5.41, 5.74) is 3.02. The predicted octanol–water partition coefficient (Wildman–Crippen LogP) is 5.02. The highest BCUT2D eigenvalue weighted by Crippen LogP contribution is 2.25. The molecule has 0 fully saturated rings. The van der Waals surface area contributed by atoms with Crippen molar-refractivity contribution in [2.75, 3.05) is 0 Å². The summed E-state index contributed by atoms with van der Waals surface area (Å²) in [4.78, 5) is 25.6. The highest BCUT2D eigenvalue weighted by atomic mass is 79.9. The van der Waals surface area contributed by atoms with Gasteiger partial charge in [-0.25, -0.2) is 4.68 Å². The second-order valence-corrected chi connectivity index (χ2v) is 7.57. The zero-order chi connectivity index (χ0) is 19.7. The second-order valence-electron chi connectivity index (χ2n) is 6.65. The van der Waals surface area contributed by atoms with Gasteiger partial charge in [-0.05, 0) is 25.1 Å². The lowest BCUT2D eigenvalue weighted by Gasteiger charge is -2.11. The maximum absolute atomic E-state index is 12.9. The number of Topliss-reactive ketones (excluding diaryl/α,β-unsaturated/α-hetero) is 1. The summed E-state index contributed by atoms with van der Waals surface area (Å²) in [6.45, 7) is 1.91. The van der Waals surface area contributed by atoms with Crippen molar-refractivity contribution in [3.8, 4) is 11.3 Å². The fourth-order valence-corrected chi connectivity index (χ4v) is 3.39. The summed E-state index contributed by atoms with van der Waals surface area (Å²) >= 11 is 3.36. The number of aryl methyl sites for hydroxylation is 1. The largest absolute Gasteiger partial charge is 0.292 e. The first kappa shape index (κ1) is 18.3. The minimum atomic E-state index is -0.267. The minimum absolute atomic E-state index is 0.107. The Morgan fingerprint density at radius 3 is 2.25 bits per heavy atom. The molecule has 0 aliphatic rings. The number of benzene rings is 3. The van der Waals surface area contributed by atoms with Crippen molar-refractivity contribution in [3.05, 3.63) is 98.7 Å². The van der Waals surface area contributed by atoms with E-state index in [0.29, 0.717) is 16.6 Å². The molecule has 1 heterocycles. The van der Waals surface area contributed by atoms with Crippen molar-refractivity contribution < 1.29 is 4.79 Å². The first-order valence-corrected chi connectivity index (χ1v) is 9.68. The lowest BCUT2D eigenvalue weighted by molar-refractivity contribution is 0.0966. The van der Waals surface area contributed by atoms with Gasteiger partial charge in [0.05, 0.1) is 11.1 Å². The zero-order valence-corrected chi connectivity index (χ0v) is 16.8. The van der Waals surface area contributed by atoms with Crippen LogP contribution in [0.5, 0.6) is 0 Å². The van der Waals surface area contributed by atoms with Crippen molar-refractivity contribution in [1.29, 1.82) is 0 Å². The first-order chi connectivity index (χ1) is 13.5.